The molecule has 2 N–H and O–H groups in total. The van der Waals surface area contributed by atoms with E-state index in [0.29, 0.717) is 12.1 Å². The topological polar surface area (TPSA) is 46.3 Å². The van der Waals surface area contributed by atoms with E-state index in [1.807, 2.05) is 20.8 Å². The van der Waals surface area contributed by atoms with Crippen LogP contribution in [0.25, 0.3) is 0 Å². The predicted octanol–water partition coefficient (Wildman–Crippen LogP) is 2.28. The Morgan fingerprint density at radius 3 is 2.50 bits per heavy atom. The smallest absolute Gasteiger partial charge is 0.254 e. The maximum Gasteiger partial charge on any atom is 0.254 e. The molecule has 0 saturated carbocycles. The first-order valence-electron chi connectivity index (χ1n) is 5.32. The lowest BCUT2D eigenvalue weighted by Gasteiger charge is -2.25. The van der Waals surface area contributed by atoms with Gasteiger partial charge in [-0.05, 0) is 39.0 Å². The minimum atomic E-state index is -0.483. The molecule has 0 atom stereocenters. The third-order valence-corrected chi connectivity index (χ3v) is 2.39. The number of nitrogens with two attached hydrogens (primary N) is 1. The minimum Gasteiger partial charge on any atom is -0.399 e. The molecule has 16 heavy (non-hydrogen) atoms. The Labute approximate surface area is 95.0 Å². The first-order chi connectivity index (χ1) is 7.45. The summed E-state index contributed by atoms with van der Waals surface area (Å²) >= 11 is 0. The second kappa shape index (κ2) is 4.96. The van der Waals surface area contributed by atoms with Crippen LogP contribution in [0.5, 0.6) is 0 Å². The molecule has 1 rings (SSSR count). The summed E-state index contributed by atoms with van der Waals surface area (Å²) in [5, 5.41) is 0. The van der Waals surface area contributed by atoms with Crippen LogP contribution in [0.15, 0.2) is 18.2 Å². The normalized spacial score (nSPS) is 10.6. The Morgan fingerprint density at radius 1 is 1.44 bits per heavy atom. The summed E-state index contributed by atoms with van der Waals surface area (Å²) in [7, 11) is 0. The second-order valence-corrected chi connectivity index (χ2v) is 3.96. The van der Waals surface area contributed by atoms with Gasteiger partial charge in [-0.25, -0.2) is 4.39 Å². The Hall–Kier alpha value is -1.58. The van der Waals surface area contributed by atoms with Gasteiger partial charge in [0.2, 0.25) is 0 Å². The molecule has 0 aliphatic heterocycles. The molecule has 0 aliphatic rings. The van der Waals surface area contributed by atoms with Gasteiger partial charge >= 0.3 is 0 Å². The van der Waals surface area contributed by atoms with E-state index in [-0.39, 0.29) is 17.6 Å². The monoisotopic (exact) mass is 224 g/mol. The fourth-order valence-corrected chi connectivity index (χ4v) is 1.64. The molecule has 3 nitrogen and oxygen atoms in total. The van der Waals surface area contributed by atoms with Gasteiger partial charge in [0.1, 0.15) is 5.82 Å². The van der Waals surface area contributed by atoms with Crippen LogP contribution in [-0.2, 0) is 0 Å². The van der Waals surface area contributed by atoms with Crippen molar-refractivity contribution in [2.45, 2.75) is 26.8 Å². The number of amides is 1. The van der Waals surface area contributed by atoms with Gasteiger partial charge in [-0.15, -0.1) is 0 Å². The highest BCUT2D eigenvalue weighted by molar-refractivity contribution is 5.95. The van der Waals surface area contributed by atoms with Gasteiger partial charge in [-0.3, -0.25) is 4.79 Å². The molecule has 0 spiro atoms. The van der Waals surface area contributed by atoms with E-state index in [9.17, 15) is 9.18 Å². The Bertz CT molecular complexity index is 370. The van der Waals surface area contributed by atoms with Crippen LogP contribution < -0.4 is 5.73 Å². The van der Waals surface area contributed by atoms with Crippen molar-refractivity contribution in [3.8, 4) is 0 Å². The van der Waals surface area contributed by atoms with Crippen molar-refractivity contribution in [3.63, 3.8) is 0 Å². The minimum absolute atomic E-state index is 0.0852. The van der Waals surface area contributed by atoms with E-state index in [1.54, 1.807) is 4.90 Å². The number of benzene rings is 1. The number of nitrogens with zero attached hydrogens (tertiary/aromatic N) is 1. The molecule has 0 aliphatic carbocycles. The average Bonchev–Trinajstić information content (AvgIpc) is 2.16. The number of hydrogen-bond acceptors (Lipinski definition) is 2. The first kappa shape index (κ1) is 12.5. The summed E-state index contributed by atoms with van der Waals surface area (Å²) in [5.74, 6) is -0.674. The van der Waals surface area contributed by atoms with E-state index < -0.39 is 5.82 Å². The molecule has 0 fully saturated rings. The molecule has 0 bridgehead atoms. The number of hydrogen-bond donors (Lipinski definition) is 1. The van der Waals surface area contributed by atoms with Gasteiger partial charge in [0.15, 0.2) is 0 Å². The van der Waals surface area contributed by atoms with Gasteiger partial charge in [-0.2, -0.15) is 0 Å². The van der Waals surface area contributed by atoms with Crippen molar-refractivity contribution in [2.24, 2.45) is 0 Å². The van der Waals surface area contributed by atoms with Crippen molar-refractivity contribution in [1.29, 1.82) is 0 Å². The van der Waals surface area contributed by atoms with Crippen molar-refractivity contribution in [3.05, 3.63) is 29.6 Å². The number of carbonyl (C=O) groups excluding carboxylic acids is 1. The summed E-state index contributed by atoms with van der Waals surface area (Å²) < 4.78 is 13.1. The molecular formula is C12H17FN2O. The van der Waals surface area contributed by atoms with Crippen molar-refractivity contribution in [1.82, 2.24) is 4.90 Å². The zero-order valence-electron chi connectivity index (χ0n) is 9.83. The number of carbonyl (C=O) groups is 1. The highest BCUT2D eigenvalue weighted by atomic mass is 19.1. The van der Waals surface area contributed by atoms with E-state index >= 15 is 0 Å². The van der Waals surface area contributed by atoms with Crippen molar-refractivity contribution >= 4 is 11.6 Å². The van der Waals surface area contributed by atoms with Crippen LogP contribution in [-0.4, -0.2) is 23.4 Å². The first-order valence-corrected chi connectivity index (χ1v) is 5.32. The number of nitrogen functional groups attached to an aromatic ring is 1. The maximum atomic E-state index is 13.1. The number of anilines is 1. The predicted molar refractivity (Wildman–Crippen MR) is 62.7 cm³/mol. The molecule has 1 aromatic carbocycles. The van der Waals surface area contributed by atoms with Crippen LogP contribution >= 0.6 is 0 Å². The maximum absolute atomic E-state index is 13.1. The number of halogens is 1. The number of rotatable bonds is 3. The molecule has 0 radical (unpaired) electrons. The Balaban J connectivity index is 3.03. The third-order valence-electron chi connectivity index (χ3n) is 2.39. The average molecular weight is 224 g/mol. The molecule has 4 heteroatoms. The standard InChI is InChI=1S/C12H17FN2O/c1-4-15(8(2)3)12(16)9-5-10(13)7-11(14)6-9/h5-8H,4,14H2,1-3H3. The Kier molecular flexibility index (Phi) is 3.88. The lowest BCUT2D eigenvalue weighted by Crippen LogP contribution is -2.36. The van der Waals surface area contributed by atoms with Crippen LogP contribution in [0.1, 0.15) is 31.1 Å². The third kappa shape index (κ3) is 2.72. The van der Waals surface area contributed by atoms with E-state index in [1.165, 1.54) is 18.2 Å². The van der Waals surface area contributed by atoms with Crippen molar-refractivity contribution < 1.29 is 9.18 Å². The molecule has 0 aromatic heterocycles. The van der Waals surface area contributed by atoms with Crippen LogP contribution in [0.3, 0.4) is 0 Å². The van der Waals surface area contributed by atoms with E-state index in [4.69, 9.17) is 5.73 Å². The van der Waals surface area contributed by atoms with Gasteiger partial charge < -0.3 is 10.6 Å². The van der Waals surface area contributed by atoms with Crippen LogP contribution in [0.4, 0.5) is 10.1 Å². The molecule has 1 aromatic rings. The largest absolute Gasteiger partial charge is 0.399 e. The SMILES string of the molecule is CCN(C(=O)c1cc(N)cc(F)c1)C(C)C. The molecule has 0 unspecified atom stereocenters. The lowest BCUT2D eigenvalue weighted by molar-refractivity contribution is 0.0716. The summed E-state index contributed by atoms with van der Waals surface area (Å²) in [6.07, 6.45) is 0. The van der Waals surface area contributed by atoms with Gasteiger partial charge in [0.25, 0.3) is 5.91 Å². The van der Waals surface area contributed by atoms with E-state index in [0.717, 1.165) is 0 Å². The summed E-state index contributed by atoms with van der Waals surface area (Å²) in [5.41, 5.74) is 6.07. The zero-order chi connectivity index (χ0) is 12.3. The van der Waals surface area contributed by atoms with Gasteiger partial charge in [-0.1, -0.05) is 0 Å². The molecule has 0 saturated heterocycles. The van der Waals surface area contributed by atoms with Crippen LogP contribution in [0, 0.1) is 5.82 Å². The highest BCUT2D eigenvalue weighted by Gasteiger charge is 2.17. The highest BCUT2D eigenvalue weighted by Crippen LogP contribution is 2.14. The van der Waals surface area contributed by atoms with Crippen LogP contribution in [0.2, 0.25) is 0 Å². The Morgan fingerprint density at radius 2 is 2.06 bits per heavy atom. The fraction of sp³-hybridized carbons (Fsp3) is 0.417. The molecule has 1 amide bonds. The zero-order valence-corrected chi connectivity index (χ0v) is 9.83. The lowest BCUT2D eigenvalue weighted by atomic mass is 10.1. The summed E-state index contributed by atoms with van der Waals surface area (Å²) in [6, 6.07) is 3.99. The summed E-state index contributed by atoms with van der Waals surface area (Å²) in [4.78, 5) is 13.7. The summed E-state index contributed by atoms with van der Waals surface area (Å²) in [6.45, 7) is 6.32. The molecule has 88 valence electrons. The molecular weight excluding hydrogens is 207 g/mol. The van der Waals surface area contributed by atoms with Gasteiger partial charge in [0, 0.05) is 23.8 Å². The fourth-order valence-electron chi connectivity index (χ4n) is 1.64. The van der Waals surface area contributed by atoms with Gasteiger partial charge in [0.05, 0.1) is 0 Å². The second-order valence-electron chi connectivity index (χ2n) is 3.96. The molecule has 0 heterocycles. The quantitative estimate of drug-likeness (QED) is 0.801. The van der Waals surface area contributed by atoms with E-state index in [2.05, 4.69) is 0 Å². The van der Waals surface area contributed by atoms with Crippen molar-refractivity contribution in [2.75, 3.05) is 12.3 Å².